The molecule has 1 N–H and O–H groups in total. The van der Waals surface area contributed by atoms with E-state index in [1.54, 1.807) is 0 Å². The number of rotatable bonds is 6. The van der Waals surface area contributed by atoms with E-state index >= 15 is 0 Å². The number of nitrogens with one attached hydrogen (secondary N) is 1. The zero-order chi connectivity index (χ0) is 23.1. The first-order valence-corrected chi connectivity index (χ1v) is 13.6. The standard InChI is InChI=1S/C26H34N2S.C3H8/c1-19-7-12-25-24(18-19)26(21(3)27-25)13-16-28(17-14-26)15-5-6-22-8-10-23(11-9-22)20(2)29-4;1-3-2/h7-12,18,20,27H,3,5-6,13-17H2,1-2,4H3;3H2,1-2H3. The average Bonchev–Trinajstić information content (AvgIpc) is 3.06. The molecule has 1 fully saturated rings. The Morgan fingerprint density at radius 2 is 1.75 bits per heavy atom. The molecule has 4 rings (SSSR count). The van der Waals surface area contributed by atoms with Crippen LogP contribution in [0.1, 0.15) is 74.0 Å². The summed E-state index contributed by atoms with van der Waals surface area (Å²) in [6.07, 6.45) is 8.19. The van der Waals surface area contributed by atoms with Crippen molar-refractivity contribution in [2.75, 3.05) is 31.2 Å². The Bertz CT molecular complexity index is 879. The molecule has 1 atom stereocenters. The molecule has 0 radical (unpaired) electrons. The molecule has 2 aliphatic heterocycles. The Morgan fingerprint density at radius 1 is 1.09 bits per heavy atom. The molecule has 2 aromatic carbocycles. The van der Waals surface area contributed by atoms with E-state index in [9.17, 15) is 0 Å². The molecule has 32 heavy (non-hydrogen) atoms. The topological polar surface area (TPSA) is 15.3 Å². The predicted molar refractivity (Wildman–Crippen MR) is 144 cm³/mol. The number of thioether (sulfide) groups is 1. The van der Waals surface area contributed by atoms with E-state index < -0.39 is 0 Å². The van der Waals surface area contributed by atoms with Crippen LogP contribution in [0.3, 0.4) is 0 Å². The molecule has 2 aliphatic rings. The molecule has 0 bridgehead atoms. The Morgan fingerprint density at radius 3 is 2.38 bits per heavy atom. The van der Waals surface area contributed by atoms with E-state index in [1.807, 2.05) is 11.8 Å². The molecule has 3 heteroatoms. The molecule has 1 spiro atoms. The van der Waals surface area contributed by atoms with E-state index in [4.69, 9.17) is 0 Å². The molecule has 1 saturated heterocycles. The fourth-order valence-corrected chi connectivity index (χ4v) is 5.36. The van der Waals surface area contributed by atoms with Crippen molar-refractivity contribution in [3.63, 3.8) is 0 Å². The van der Waals surface area contributed by atoms with E-state index in [0.717, 1.165) is 13.1 Å². The van der Waals surface area contributed by atoms with Gasteiger partial charge in [0.25, 0.3) is 0 Å². The molecule has 1 unspecified atom stereocenters. The second kappa shape index (κ2) is 11.4. The summed E-state index contributed by atoms with van der Waals surface area (Å²) in [5.74, 6) is 0. The first-order valence-electron chi connectivity index (χ1n) is 12.3. The first kappa shape index (κ1) is 24.9. The lowest BCUT2D eigenvalue weighted by Crippen LogP contribution is -2.43. The average molecular weight is 451 g/mol. The first-order chi connectivity index (χ1) is 15.4. The Labute approximate surface area is 200 Å². The van der Waals surface area contributed by atoms with Crippen LogP contribution in [0.2, 0.25) is 0 Å². The highest BCUT2D eigenvalue weighted by Gasteiger charge is 2.44. The number of nitrogens with zero attached hydrogens (tertiary/aromatic N) is 1. The molecule has 0 aromatic heterocycles. The summed E-state index contributed by atoms with van der Waals surface area (Å²) in [7, 11) is 0. The monoisotopic (exact) mass is 450 g/mol. The van der Waals surface area contributed by atoms with Crippen molar-refractivity contribution in [1.29, 1.82) is 0 Å². The third kappa shape index (κ3) is 5.61. The maximum absolute atomic E-state index is 4.40. The van der Waals surface area contributed by atoms with Crippen molar-refractivity contribution < 1.29 is 0 Å². The summed E-state index contributed by atoms with van der Waals surface area (Å²) in [6, 6.07) is 16.0. The van der Waals surface area contributed by atoms with Gasteiger partial charge >= 0.3 is 0 Å². The van der Waals surface area contributed by atoms with Crippen molar-refractivity contribution in [1.82, 2.24) is 4.90 Å². The summed E-state index contributed by atoms with van der Waals surface area (Å²) in [4.78, 5) is 2.65. The second-order valence-corrected chi connectivity index (χ2v) is 10.7. The fraction of sp³-hybridized carbons (Fsp3) is 0.517. The minimum absolute atomic E-state index is 0.141. The van der Waals surface area contributed by atoms with Crippen LogP contribution in [-0.4, -0.2) is 30.8 Å². The maximum atomic E-state index is 4.40. The number of likely N-dealkylation sites (tertiary alicyclic amines) is 1. The highest BCUT2D eigenvalue weighted by atomic mass is 32.2. The van der Waals surface area contributed by atoms with Crippen molar-refractivity contribution in [3.8, 4) is 0 Å². The lowest BCUT2D eigenvalue weighted by Gasteiger charge is -2.40. The van der Waals surface area contributed by atoms with Crippen LogP contribution in [0.25, 0.3) is 0 Å². The van der Waals surface area contributed by atoms with Gasteiger partial charge in [0.1, 0.15) is 0 Å². The SMILES string of the molecule is C=C1Nc2ccc(C)cc2C12CCN(CCCc1ccc(C(C)SC)cc1)CC2.CCC. The molecular weight excluding hydrogens is 408 g/mol. The van der Waals surface area contributed by atoms with Gasteiger partial charge in [0.05, 0.1) is 0 Å². The highest BCUT2D eigenvalue weighted by molar-refractivity contribution is 7.98. The van der Waals surface area contributed by atoms with Crippen LogP contribution in [0.15, 0.2) is 54.7 Å². The van der Waals surface area contributed by atoms with Gasteiger partial charge in [0.2, 0.25) is 0 Å². The summed E-state index contributed by atoms with van der Waals surface area (Å²) < 4.78 is 0. The molecule has 2 heterocycles. The zero-order valence-electron chi connectivity index (χ0n) is 20.8. The Balaban J connectivity index is 0.000000913. The molecular formula is C29H42N2S. The zero-order valence-corrected chi connectivity index (χ0v) is 21.7. The van der Waals surface area contributed by atoms with Gasteiger partial charge in [-0.1, -0.05) is 68.8 Å². The van der Waals surface area contributed by atoms with Crippen molar-refractivity contribution in [2.45, 2.75) is 70.5 Å². The summed E-state index contributed by atoms with van der Waals surface area (Å²) in [5, 5.41) is 4.15. The van der Waals surface area contributed by atoms with Crippen molar-refractivity contribution in [3.05, 3.63) is 77.0 Å². The van der Waals surface area contributed by atoms with Crippen LogP contribution in [0, 0.1) is 6.92 Å². The molecule has 0 saturated carbocycles. The van der Waals surface area contributed by atoms with Gasteiger partial charge in [-0.2, -0.15) is 11.8 Å². The maximum Gasteiger partial charge on any atom is 0.0424 e. The Hall–Kier alpha value is -1.71. The number of anilines is 1. The molecule has 2 nitrogen and oxygen atoms in total. The quantitative estimate of drug-likeness (QED) is 0.484. The van der Waals surface area contributed by atoms with E-state index in [0.29, 0.717) is 5.25 Å². The third-order valence-corrected chi connectivity index (χ3v) is 7.99. The fourth-order valence-electron chi connectivity index (χ4n) is 4.94. The Kier molecular flexibility index (Phi) is 8.90. The minimum atomic E-state index is 0.141. The number of hydrogen-bond acceptors (Lipinski definition) is 3. The van der Waals surface area contributed by atoms with Gasteiger partial charge in [-0.25, -0.2) is 0 Å². The minimum Gasteiger partial charge on any atom is -0.358 e. The third-order valence-electron chi connectivity index (χ3n) is 7.01. The van der Waals surface area contributed by atoms with Crippen molar-refractivity contribution >= 4 is 17.4 Å². The number of piperidine rings is 1. The number of fused-ring (bicyclic) bond motifs is 2. The van der Waals surface area contributed by atoms with E-state index in [2.05, 4.69) is 93.2 Å². The van der Waals surface area contributed by atoms with Gasteiger partial charge in [-0.3, -0.25) is 0 Å². The molecule has 0 aliphatic carbocycles. The number of aryl methyl sites for hydroxylation is 2. The van der Waals surface area contributed by atoms with Crippen molar-refractivity contribution in [2.24, 2.45) is 0 Å². The van der Waals surface area contributed by atoms with Crippen LogP contribution in [0.5, 0.6) is 0 Å². The lowest BCUT2D eigenvalue weighted by molar-refractivity contribution is 0.179. The number of hydrogen-bond donors (Lipinski definition) is 1. The van der Waals surface area contributed by atoms with Gasteiger partial charge in [-0.15, -0.1) is 0 Å². The van der Waals surface area contributed by atoms with Gasteiger partial charge < -0.3 is 10.2 Å². The summed E-state index contributed by atoms with van der Waals surface area (Å²) in [5.41, 5.74) is 8.34. The number of benzene rings is 2. The number of allylic oxidation sites excluding steroid dienone is 1. The largest absolute Gasteiger partial charge is 0.358 e. The van der Waals surface area contributed by atoms with E-state index in [-0.39, 0.29) is 5.41 Å². The molecule has 2 aromatic rings. The van der Waals surface area contributed by atoms with Crippen LogP contribution < -0.4 is 5.32 Å². The summed E-state index contributed by atoms with van der Waals surface area (Å²) >= 11 is 1.91. The molecule has 0 amide bonds. The van der Waals surface area contributed by atoms with E-state index in [1.165, 1.54) is 72.3 Å². The highest BCUT2D eigenvalue weighted by Crippen LogP contribution is 2.49. The molecule has 174 valence electrons. The normalized spacial score (nSPS) is 18.0. The van der Waals surface area contributed by atoms with Gasteiger partial charge in [0.15, 0.2) is 0 Å². The second-order valence-electron chi connectivity index (χ2n) is 9.51. The summed E-state index contributed by atoms with van der Waals surface area (Å²) in [6.45, 7) is 16.6. The van der Waals surface area contributed by atoms with Crippen LogP contribution >= 0.6 is 11.8 Å². The lowest BCUT2D eigenvalue weighted by atomic mass is 9.72. The predicted octanol–water partition coefficient (Wildman–Crippen LogP) is 7.74. The van der Waals surface area contributed by atoms with Gasteiger partial charge in [0, 0.05) is 22.0 Å². The van der Waals surface area contributed by atoms with Crippen LogP contribution in [0.4, 0.5) is 5.69 Å². The van der Waals surface area contributed by atoms with Crippen LogP contribution in [-0.2, 0) is 11.8 Å². The van der Waals surface area contributed by atoms with Gasteiger partial charge in [-0.05, 0) is 88.2 Å². The smallest absolute Gasteiger partial charge is 0.0424 e.